The lowest BCUT2D eigenvalue weighted by atomic mass is 10.2. The fourth-order valence-corrected chi connectivity index (χ4v) is 2.89. The van der Waals surface area contributed by atoms with Crippen LogP contribution < -0.4 is 5.56 Å². The van der Waals surface area contributed by atoms with E-state index >= 15 is 0 Å². The van der Waals surface area contributed by atoms with Crippen LogP contribution in [0.2, 0.25) is 0 Å². The Morgan fingerprint density at radius 1 is 1.17 bits per heavy atom. The summed E-state index contributed by atoms with van der Waals surface area (Å²) in [5.74, 6) is 0.852. The van der Waals surface area contributed by atoms with Crippen LogP contribution in [0.3, 0.4) is 0 Å². The topological polar surface area (TPSA) is 55.1 Å². The van der Waals surface area contributed by atoms with Crippen molar-refractivity contribution < 1.29 is 5.11 Å². The number of rotatable bonds is 3. The van der Waals surface area contributed by atoms with Crippen LogP contribution in [0.1, 0.15) is 18.3 Å². The maximum Gasteiger partial charge on any atom is 0.261 e. The predicted octanol–water partition coefficient (Wildman–Crippen LogP) is 3.90. The molecule has 0 spiro atoms. The van der Waals surface area contributed by atoms with Crippen LogP contribution in [0.25, 0.3) is 23.1 Å². The Bertz CT molecular complexity index is 944. The van der Waals surface area contributed by atoms with Crippen LogP contribution in [-0.2, 0) is 6.54 Å². The van der Waals surface area contributed by atoms with Gasteiger partial charge in [-0.1, -0.05) is 18.2 Å². The van der Waals surface area contributed by atoms with Gasteiger partial charge < -0.3 is 5.11 Å². The van der Waals surface area contributed by atoms with Gasteiger partial charge in [-0.3, -0.25) is 9.36 Å². The summed E-state index contributed by atoms with van der Waals surface area (Å²) in [4.78, 5) is 17.2. The Labute approximate surface area is 147 Å². The third kappa shape index (κ3) is 3.29. The number of phenolic OH excluding ortho intramolecular Hbond substituents is 1. The molecule has 0 amide bonds. The first-order valence-electron chi connectivity index (χ1n) is 7.25. The van der Waals surface area contributed by atoms with Crippen LogP contribution in [-0.4, -0.2) is 14.7 Å². The third-order valence-corrected chi connectivity index (χ3v) is 4.25. The molecule has 0 atom stereocenters. The summed E-state index contributed by atoms with van der Waals surface area (Å²) in [6, 6.07) is 12.6. The molecule has 0 saturated carbocycles. The molecule has 23 heavy (non-hydrogen) atoms. The molecule has 0 aliphatic rings. The minimum Gasteiger partial charge on any atom is -0.508 e. The highest BCUT2D eigenvalue weighted by Crippen LogP contribution is 2.15. The van der Waals surface area contributed by atoms with Crippen molar-refractivity contribution in [2.75, 3.05) is 0 Å². The second-order valence-electron chi connectivity index (χ2n) is 5.11. The standard InChI is InChI=1S/C18H15IN2O2/c1-2-21-17(10-5-12-3-7-14(22)8-4-12)20-16-9-6-13(19)11-15(16)18(21)23/h3-11,22H,2H2,1H3/b10-5+. The van der Waals surface area contributed by atoms with Gasteiger partial charge >= 0.3 is 0 Å². The number of benzene rings is 2. The summed E-state index contributed by atoms with van der Waals surface area (Å²) in [7, 11) is 0. The molecule has 0 unspecified atom stereocenters. The van der Waals surface area contributed by atoms with E-state index in [0.717, 1.165) is 9.13 Å². The first-order valence-corrected chi connectivity index (χ1v) is 8.33. The molecule has 1 aromatic heterocycles. The van der Waals surface area contributed by atoms with Gasteiger partial charge in [-0.2, -0.15) is 0 Å². The molecule has 5 heteroatoms. The van der Waals surface area contributed by atoms with Crippen molar-refractivity contribution in [2.24, 2.45) is 0 Å². The van der Waals surface area contributed by atoms with E-state index in [1.165, 1.54) is 0 Å². The average Bonchev–Trinajstić information content (AvgIpc) is 2.55. The molecule has 1 N–H and O–H groups in total. The van der Waals surface area contributed by atoms with Gasteiger partial charge in [0.1, 0.15) is 11.6 Å². The fourth-order valence-electron chi connectivity index (χ4n) is 2.40. The number of hydrogen-bond donors (Lipinski definition) is 1. The molecule has 0 saturated heterocycles. The van der Waals surface area contributed by atoms with E-state index in [1.807, 2.05) is 49.4 Å². The zero-order valence-electron chi connectivity index (χ0n) is 12.5. The highest BCUT2D eigenvalue weighted by molar-refractivity contribution is 14.1. The molecule has 4 nitrogen and oxygen atoms in total. The van der Waals surface area contributed by atoms with E-state index in [4.69, 9.17) is 0 Å². The van der Waals surface area contributed by atoms with Gasteiger partial charge in [0.05, 0.1) is 10.9 Å². The Hall–Kier alpha value is -2.15. The Morgan fingerprint density at radius 3 is 2.61 bits per heavy atom. The highest BCUT2D eigenvalue weighted by atomic mass is 127. The smallest absolute Gasteiger partial charge is 0.261 e. The van der Waals surface area contributed by atoms with Gasteiger partial charge in [-0.15, -0.1) is 0 Å². The van der Waals surface area contributed by atoms with Crippen molar-refractivity contribution in [3.05, 3.63) is 67.8 Å². The van der Waals surface area contributed by atoms with Gasteiger partial charge in [-0.05, 0) is 71.5 Å². The molecule has 0 radical (unpaired) electrons. The van der Waals surface area contributed by atoms with Crippen LogP contribution >= 0.6 is 22.6 Å². The summed E-state index contributed by atoms with van der Waals surface area (Å²) in [5.41, 5.74) is 1.61. The summed E-state index contributed by atoms with van der Waals surface area (Å²) in [6.45, 7) is 2.49. The zero-order chi connectivity index (χ0) is 16.4. The van der Waals surface area contributed by atoms with Crippen molar-refractivity contribution in [3.63, 3.8) is 0 Å². The Balaban J connectivity index is 2.11. The average molecular weight is 418 g/mol. The van der Waals surface area contributed by atoms with Crippen molar-refractivity contribution in [1.29, 1.82) is 0 Å². The number of fused-ring (bicyclic) bond motifs is 1. The van der Waals surface area contributed by atoms with Gasteiger partial charge in [0.15, 0.2) is 0 Å². The molecule has 0 aliphatic carbocycles. The number of phenols is 1. The minimum absolute atomic E-state index is 0.0265. The summed E-state index contributed by atoms with van der Waals surface area (Å²) in [6.07, 6.45) is 3.71. The molecule has 3 rings (SSSR count). The Kier molecular flexibility index (Phi) is 4.47. The lowest BCUT2D eigenvalue weighted by Crippen LogP contribution is -2.23. The molecule has 116 valence electrons. The number of aromatic nitrogens is 2. The fraction of sp³-hybridized carbons (Fsp3) is 0.111. The number of halogens is 1. The number of aromatic hydroxyl groups is 1. The quantitative estimate of drug-likeness (QED) is 0.657. The van der Waals surface area contributed by atoms with E-state index in [0.29, 0.717) is 23.3 Å². The molecule has 2 aromatic carbocycles. The Morgan fingerprint density at radius 2 is 1.91 bits per heavy atom. The maximum absolute atomic E-state index is 12.6. The number of hydrogen-bond acceptors (Lipinski definition) is 3. The predicted molar refractivity (Wildman–Crippen MR) is 101 cm³/mol. The normalized spacial score (nSPS) is 11.4. The van der Waals surface area contributed by atoms with Crippen molar-refractivity contribution >= 4 is 45.6 Å². The van der Waals surface area contributed by atoms with E-state index in [9.17, 15) is 9.90 Å². The molecule has 1 heterocycles. The molecule has 0 fully saturated rings. The first-order chi connectivity index (χ1) is 11.1. The van der Waals surface area contributed by atoms with Gasteiger partial charge in [0.2, 0.25) is 0 Å². The lowest BCUT2D eigenvalue weighted by Gasteiger charge is -2.09. The third-order valence-electron chi connectivity index (χ3n) is 3.58. The summed E-state index contributed by atoms with van der Waals surface area (Å²) < 4.78 is 2.68. The lowest BCUT2D eigenvalue weighted by molar-refractivity contribution is 0.475. The van der Waals surface area contributed by atoms with Crippen molar-refractivity contribution in [2.45, 2.75) is 13.5 Å². The second-order valence-corrected chi connectivity index (χ2v) is 6.35. The maximum atomic E-state index is 12.6. The van der Waals surface area contributed by atoms with Gasteiger partial charge in [0.25, 0.3) is 5.56 Å². The van der Waals surface area contributed by atoms with Crippen molar-refractivity contribution in [1.82, 2.24) is 9.55 Å². The van der Waals surface area contributed by atoms with Crippen LogP contribution in [0.5, 0.6) is 5.75 Å². The molecule has 3 aromatic rings. The van der Waals surface area contributed by atoms with Crippen LogP contribution in [0.15, 0.2) is 47.3 Å². The first kappa shape index (κ1) is 15.7. The molecular formula is C18H15IN2O2. The monoisotopic (exact) mass is 418 g/mol. The van der Waals surface area contributed by atoms with Crippen molar-refractivity contribution in [3.8, 4) is 5.75 Å². The molecular weight excluding hydrogens is 403 g/mol. The minimum atomic E-state index is -0.0265. The molecule has 0 bridgehead atoms. The molecule has 0 aliphatic heterocycles. The number of nitrogens with zero attached hydrogens (tertiary/aromatic N) is 2. The van der Waals surface area contributed by atoms with Gasteiger partial charge in [-0.25, -0.2) is 4.98 Å². The van der Waals surface area contributed by atoms with Crippen LogP contribution in [0.4, 0.5) is 0 Å². The largest absolute Gasteiger partial charge is 0.508 e. The van der Waals surface area contributed by atoms with Gasteiger partial charge in [0, 0.05) is 10.1 Å². The van der Waals surface area contributed by atoms with Crippen LogP contribution in [0, 0.1) is 3.57 Å². The zero-order valence-corrected chi connectivity index (χ0v) is 14.7. The van der Waals surface area contributed by atoms with E-state index in [1.54, 1.807) is 16.7 Å². The van der Waals surface area contributed by atoms with E-state index in [2.05, 4.69) is 27.6 Å². The SMILES string of the molecule is CCn1c(/C=C/c2ccc(O)cc2)nc2ccc(I)cc2c1=O. The second kappa shape index (κ2) is 6.54. The summed E-state index contributed by atoms with van der Waals surface area (Å²) >= 11 is 2.19. The van der Waals surface area contributed by atoms with E-state index < -0.39 is 0 Å². The highest BCUT2D eigenvalue weighted by Gasteiger charge is 2.08. The van der Waals surface area contributed by atoms with E-state index in [-0.39, 0.29) is 11.3 Å². The summed E-state index contributed by atoms with van der Waals surface area (Å²) in [5, 5.41) is 9.96.